The number of rotatable bonds is 7. The van der Waals surface area contributed by atoms with Gasteiger partial charge in [-0.05, 0) is 43.4 Å². The third kappa shape index (κ3) is 4.90. The van der Waals surface area contributed by atoms with Gasteiger partial charge in [0.15, 0.2) is 11.5 Å². The molecule has 118 valence electrons. The summed E-state index contributed by atoms with van der Waals surface area (Å²) in [6.07, 6.45) is 1.81. The van der Waals surface area contributed by atoms with Crippen LogP contribution in [0.15, 0.2) is 18.2 Å². The third-order valence-corrected chi connectivity index (χ3v) is 3.79. The van der Waals surface area contributed by atoms with E-state index in [1.165, 1.54) is 6.42 Å². The first-order chi connectivity index (χ1) is 10.1. The molecule has 1 aromatic carbocycles. The molecule has 0 bridgehead atoms. The van der Waals surface area contributed by atoms with Gasteiger partial charge in [0.2, 0.25) is 0 Å². The van der Waals surface area contributed by atoms with Gasteiger partial charge in [0.25, 0.3) is 0 Å². The highest BCUT2D eigenvalue weighted by Gasteiger charge is 2.16. The maximum atomic E-state index is 10.3. The summed E-state index contributed by atoms with van der Waals surface area (Å²) in [4.78, 5) is 0. The number of fused-ring (bicyclic) bond motifs is 1. The second kappa shape index (κ2) is 7.66. The van der Waals surface area contributed by atoms with E-state index in [0.717, 1.165) is 29.4 Å². The first-order valence-corrected chi connectivity index (χ1v) is 7.87. The van der Waals surface area contributed by atoms with Gasteiger partial charge in [-0.15, -0.1) is 0 Å². The summed E-state index contributed by atoms with van der Waals surface area (Å²) in [6, 6.07) is 6.06. The molecule has 2 rings (SSSR count). The monoisotopic (exact) mass is 293 g/mol. The first-order valence-electron chi connectivity index (χ1n) is 7.87. The molecule has 1 heterocycles. The lowest BCUT2D eigenvalue weighted by Crippen LogP contribution is -2.30. The van der Waals surface area contributed by atoms with Crippen molar-refractivity contribution in [1.82, 2.24) is 5.32 Å². The van der Waals surface area contributed by atoms with Crippen LogP contribution in [-0.2, 0) is 0 Å². The van der Waals surface area contributed by atoms with Gasteiger partial charge < -0.3 is 19.9 Å². The minimum atomic E-state index is -0.526. The van der Waals surface area contributed by atoms with E-state index in [9.17, 15) is 5.11 Å². The van der Waals surface area contributed by atoms with Crippen LogP contribution in [0.5, 0.6) is 11.5 Å². The molecular weight excluding hydrogens is 266 g/mol. The Balaban J connectivity index is 1.84. The molecule has 4 heteroatoms. The zero-order valence-corrected chi connectivity index (χ0v) is 13.3. The van der Waals surface area contributed by atoms with E-state index in [0.29, 0.717) is 25.8 Å². The lowest BCUT2D eigenvalue weighted by Gasteiger charge is -2.21. The Morgan fingerprint density at radius 2 is 1.81 bits per heavy atom. The highest BCUT2D eigenvalue weighted by atomic mass is 16.6. The number of benzene rings is 1. The van der Waals surface area contributed by atoms with Gasteiger partial charge >= 0.3 is 0 Å². The molecule has 0 radical (unpaired) electrons. The first kappa shape index (κ1) is 16.1. The zero-order valence-electron chi connectivity index (χ0n) is 13.3. The van der Waals surface area contributed by atoms with E-state index < -0.39 is 6.10 Å². The number of ether oxygens (including phenoxy) is 2. The largest absolute Gasteiger partial charge is 0.486 e. The Hall–Kier alpha value is -1.26. The maximum Gasteiger partial charge on any atom is 0.161 e. The van der Waals surface area contributed by atoms with Crippen LogP contribution in [0.4, 0.5) is 0 Å². The van der Waals surface area contributed by atoms with Crippen molar-refractivity contribution in [3.05, 3.63) is 23.8 Å². The summed E-state index contributed by atoms with van der Waals surface area (Å²) in [5.41, 5.74) is 0.864. The Kier molecular flexibility index (Phi) is 5.88. The second-order valence-corrected chi connectivity index (χ2v) is 6.20. The molecule has 0 spiro atoms. The van der Waals surface area contributed by atoms with Crippen LogP contribution in [0.2, 0.25) is 0 Å². The summed E-state index contributed by atoms with van der Waals surface area (Å²) >= 11 is 0. The Morgan fingerprint density at radius 3 is 2.52 bits per heavy atom. The summed E-state index contributed by atoms with van der Waals surface area (Å²) in [7, 11) is 0. The van der Waals surface area contributed by atoms with Gasteiger partial charge in [-0.3, -0.25) is 0 Å². The van der Waals surface area contributed by atoms with E-state index in [4.69, 9.17) is 9.47 Å². The SMILES string of the molecule is CC(C)CCC(C)NCC(O)c1ccc2c(c1)OCCO2. The van der Waals surface area contributed by atoms with Crippen molar-refractivity contribution in [2.45, 2.75) is 45.8 Å². The van der Waals surface area contributed by atoms with E-state index in [-0.39, 0.29) is 0 Å². The van der Waals surface area contributed by atoms with E-state index in [1.807, 2.05) is 18.2 Å². The van der Waals surface area contributed by atoms with E-state index in [1.54, 1.807) is 0 Å². The number of nitrogens with one attached hydrogen (secondary N) is 1. The number of hydrogen-bond acceptors (Lipinski definition) is 4. The van der Waals surface area contributed by atoms with Crippen molar-refractivity contribution in [1.29, 1.82) is 0 Å². The zero-order chi connectivity index (χ0) is 15.2. The Labute approximate surface area is 127 Å². The van der Waals surface area contributed by atoms with Crippen LogP contribution in [0.3, 0.4) is 0 Å². The maximum absolute atomic E-state index is 10.3. The highest BCUT2D eigenvalue weighted by molar-refractivity contribution is 5.44. The van der Waals surface area contributed by atoms with Crippen LogP contribution in [0.1, 0.15) is 45.3 Å². The molecule has 0 aliphatic carbocycles. The van der Waals surface area contributed by atoms with Gasteiger partial charge in [0.1, 0.15) is 13.2 Å². The van der Waals surface area contributed by atoms with E-state index >= 15 is 0 Å². The molecule has 0 saturated carbocycles. The summed E-state index contributed by atoms with van der Waals surface area (Å²) in [5, 5.41) is 13.7. The summed E-state index contributed by atoms with van der Waals surface area (Å²) < 4.78 is 11.0. The highest BCUT2D eigenvalue weighted by Crippen LogP contribution is 2.32. The molecule has 0 aromatic heterocycles. The number of aliphatic hydroxyl groups excluding tert-OH is 1. The van der Waals surface area contributed by atoms with Gasteiger partial charge in [-0.25, -0.2) is 0 Å². The molecule has 1 aliphatic heterocycles. The predicted octanol–water partition coefficient (Wildman–Crippen LogP) is 2.91. The third-order valence-electron chi connectivity index (χ3n) is 3.79. The van der Waals surface area contributed by atoms with Crippen LogP contribution in [0, 0.1) is 5.92 Å². The van der Waals surface area contributed by atoms with E-state index in [2.05, 4.69) is 26.1 Å². The molecule has 21 heavy (non-hydrogen) atoms. The lowest BCUT2D eigenvalue weighted by molar-refractivity contribution is 0.161. The molecule has 0 fully saturated rings. The van der Waals surface area contributed by atoms with Crippen LogP contribution in [-0.4, -0.2) is 30.9 Å². The van der Waals surface area contributed by atoms with Crippen molar-refractivity contribution >= 4 is 0 Å². The molecule has 1 aromatic rings. The average molecular weight is 293 g/mol. The molecular formula is C17H27NO3. The van der Waals surface area contributed by atoms with Crippen molar-refractivity contribution < 1.29 is 14.6 Å². The fourth-order valence-corrected chi connectivity index (χ4v) is 2.38. The second-order valence-electron chi connectivity index (χ2n) is 6.20. The van der Waals surface area contributed by atoms with Gasteiger partial charge in [-0.2, -0.15) is 0 Å². The standard InChI is InChI=1S/C17H27NO3/c1-12(2)4-5-13(3)18-11-15(19)14-6-7-16-17(10-14)21-9-8-20-16/h6-7,10,12-13,15,18-19H,4-5,8-9,11H2,1-3H3. The number of aliphatic hydroxyl groups is 1. The smallest absolute Gasteiger partial charge is 0.161 e. The van der Waals surface area contributed by atoms with Crippen LogP contribution >= 0.6 is 0 Å². The normalized spacial score (nSPS) is 16.8. The fourth-order valence-electron chi connectivity index (χ4n) is 2.38. The van der Waals surface area contributed by atoms with Crippen molar-refractivity contribution in [2.24, 2.45) is 5.92 Å². The fraction of sp³-hybridized carbons (Fsp3) is 0.647. The van der Waals surface area contributed by atoms with Gasteiger partial charge in [-0.1, -0.05) is 19.9 Å². The van der Waals surface area contributed by atoms with Crippen LogP contribution in [0.25, 0.3) is 0 Å². The van der Waals surface area contributed by atoms with Crippen LogP contribution < -0.4 is 14.8 Å². The number of hydrogen-bond donors (Lipinski definition) is 2. The molecule has 0 saturated heterocycles. The Bertz CT molecular complexity index is 448. The minimum Gasteiger partial charge on any atom is -0.486 e. The quantitative estimate of drug-likeness (QED) is 0.811. The molecule has 2 unspecified atom stereocenters. The molecule has 1 aliphatic rings. The molecule has 2 atom stereocenters. The Morgan fingerprint density at radius 1 is 1.10 bits per heavy atom. The van der Waals surface area contributed by atoms with Gasteiger partial charge in [0.05, 0.1) is 6.10 Å². The summed E-state index contributed by atoms with van der Waals surface area (Å²) in [6.45, 7) is 8.34. The molecule has 0 amide bonds. The minimum absolute atomic E-state index is 0.416. The van der Waals surface area contributed by atoms with Crippen molar-refractivity contribution in [3.8, 4) is 11.5 Å². The molecule has 4 nitrogen and oxygen atoms in total. The summed E-state index contributed by atoms with van der Waals surface area (Å²) in [5.74, 6) is 2.21. The predicted molar refractivity (Wildman–Crippen MR) is 83.9 cm³/mol. The average Bonchev–Trinajstić information content (AvgIpc) is 2.50. The van der Waals surface area contributed by atoms with Crippen molar-refractivity contribution in [2.75, 3.05) is 19.8 Å². The van der Waals surface area contributed by atoms with Gasteiger partial charge in [0, 0.05) is 12.6 Å². The lowest BCUT2D eigenvalue weighted by atomic mass is 10.0. The molecule has 2 N–H and O–H groups in total. The topological polar surface area (TPSA) is 50.7 Å². The van der Waals surface area contributed by atoms with Crippen molar-refractivity contribution in [3.63, 3.8) is 0 Å².